The maximum atomic E-state index is 12.0. The van der Waals surface area contributed by atoms with E-state index in [0.29, 0.717) is 11.5 Å². The maximum Gasteiger partial charge on any atom is 0.345 e. The van der Waals surface area contributed by atoms with Gasteiger partial charge in [0.1, 0.15) is 4.91 Å². The van der Waals surface area contributed by atoms with Gasteiger partial charge in [-0.3, -0.25) is 0 Å². The molecule has 0 aliphatic heterocycles. The molecule has 0 aliphatic carbocycles. The van der Waals surface area contributed by atoms with Crippen molar-refractivity contribution in [3.8, 4) is 0 Å². The second-order valence-electron chi connectivity index (χ2n) is 4.05. The van der Waals surface area contributed by atoms with Crippen molar-refractivity contribution < 1.29 is 9.53 Å². The fourth-order valence-electron chi connectivity index (χ4n) is 1.55. The number of carbonyl (C=O) groups excluding carboxylic acids is 1. The maximum absolute atomic E-state index is 12.0. The predicted octanol–water partition coefficient (Wildman–Crippen LogP) is 4.98. The van der Waals surface area contributed by atoms with Crippen molar-refractivity contribution in [2.45, 2.75) is 16.7 Å². The molecular weight excluding hydrogens is 300 g/mol. The summed E-state index contributed by atoms with van der Waals surface area (Å²) in [6.45, 7) is 2.19. The van der Waals surface area contributed by atoms with Crippen LogP contribution in [0.3, 0.4) is 0 Å². The molecule has 0 saturated heterocycles. The minimum atomic E-state index is -0.283. The summed E-state index contributed by atoms with van der Waals surface area (Å²) in [5.74, 6) is -0.283. The third kappa shape index (κ3) is 5.33. The molecule has 0 spiro atoms. The van der Waals surface area contributed by atoms with Gasteiger partial charge in [-0.1, -0.05) is 59.9 Å². The van der Waals surface area contributed by atoms with Crippen LogP contribution in [0.15, 0.2) is 80.8 Å². The molecule has 2 aromatic rings. The van der Waals surface area contributed by atoms with E-state index >= 15 is 0 Å². The molecule has 0 atom stereocenters. The molecule has 2 nitrogen and oxygen atoms in total. The zero-order valence-corrected chi connectivity index (χ0v) is 13.3. The Bertz CT molecular complexity index is 595. The highest BCUT2D eigenvalue weighted by atomic mass is 32.2. The monoisotopic (exact) mass is 316 g/mol. The summed E-state index contributed by atoms with van der Waals surface area (Å²) in [6, 6.07) is 19.8. The van der Waals surface area contributed by atoms with Crippen molar-refractivity contribution >= 4 is 29.5 Å². The SMILES string of the molecule is CCOC(=O)/C(=C/Sc1ccccc1)Sc1ccccc1. The zero-order valence-electron chi connectivity index (χ0n) is 11.7. The Hall–Kier alpha value is -1.65. The number of thioether (sulfide) groups is 2. The second kappa shape index (κ2) is 8.60. The molecule has 0 amide bonds. The highest BCUT2D eigenvalue weighted by Gasteiger charge is 2.12. The van der Waals surface area contributed by atoms with Gasteiger partial charge < -0.3 is 4.74 Å². The van der Waals surface area contributed by atoms with E-state index in [0.717, 1.165) is 9.79 Å². The number of hydrogen-bond acceptors (Lipinski definition) is 4. The third-order valence-electron chi connectivity index (χ3n) is 2.49. The highest BCUT2D eigenvalue weighted by Crippen LogP contribution is 2.31. The average molecular weight is 316 g/mol. The van der Waals surface area contributed by atoms with E-state index in [1.165, 1.54) is 23.5 Å². The largest absolute Gasteiger partial charge is 0.462 e. The number of benzene rings is 2. The van der Waals surface area contributed by atoms with Crippen LogP contribution in [0.2, 0.25) is 0 Å². The lowest BCUT2D eigenvalue weighted by atomic mass is 10.4. The van der Waals surface area contributed by atoms with Crippen molar-refractivity contribution in [1.82, 2.24) is 0 Å². The van der Waals surface area contributed by atoms with Crippen LogP contribution in [-0.2, 0) is 9.53 Å². The first-order valence-electron chi connectivity index (χ1n) is 6.61. The first-order chi connectivity index (χ1) is 10.3. The fourth-order valence-corrected chi connectivity index (χ4v) is 3.23. The van der Waals surface area contributed by atoms with E-state index in [-0.39, 0.29) is 5.97 Å². The topological polar surface area (TPSA) is 26.3 Å². The van der Waals surface area contributed by atoms with E-state index in [4.69, 9.17) is 4.74 Å². The van der Waals surface area contributed by atoms with Crippen molar-refractivity contribution in [3.63, 3.8) is 0 Å². The van der Waals surface area contributed by atoms with Gasteiger partial charge in [-0.2, -0.15) is 0 Å². The predicted molar refractivity (Wildman–Crippen MR) is 89.3 cm³/mol. The van der Waals surface area contributed by atoms with Crippen LogP contribution in [0, 0.1) is 0 Å². The molecule has 0 fully saturated rings. The van der Waals surface area contributed by atoms with Crippen LogP contribution in [0.1, 0.15) is 6.92 Å². The normalized spacial score (nSPS) is 11.2. The Balaban J connectivity index is 2.13. The number of esters is 1. The Morgan fingerprint density at radius 1 is 1.00 bits per heavy atom. The molecule has 108 valence electrons. The van der Waals surface area contributed by atoms with E-state index in [1.807, 2.05) is 73.0 Å². The van der Waals surface area contributed by atoms with Crippen LogP contribution in [-0.4, -0.2) is 12.6 Å². The molecule has 0 saturated carbocycles. The van der Waals surface area contributed by atoms with E-state index < -0.39 is 0 Å². The zero-order chi connectivity index (χ0) is 14.9. The summed E-state index contributed by atoms with van der Waals surface area (Å²) in [6.07, 6.45) is 0. The number of hydrogen-bond donors (Lipinski definition) is 0. The molecule has 0 radical (unpaired) electrons. The van der Waals surface area contributed by atoms with Gasteiger partial charge in [0.25, 0.3) is 0 Å². The van der Waals surface area contributed by atoms with Crippen LogP contribution in [0.25, 0.3) is 0 Å². The van der Waals surface area contributed by atoms with Crippen molar-refractivity contribution in [1.29, 1.82) is 0 Å². The fraction of sp³-hybridized carbons (Fsp3) is 0.118. The first kappa shape index (κ1) is 15.7. The average Bonchev–Trinajstić information content (AvgIpc) is 2.53. The van der Waals surface area contributed by atoms with Gasteiger partial charge >= 0.3 is 5.97 Å². The lowest BCUT2D eigenvalue weighted by molar-refractivity contribution is -0.137. The van der Waals surface area contributed by atoms with Gasteiger partial charge in [-0.05, 0) is 36.6 Å². The minimum Gasteiger partial charge on any atom is -0.462 e. The molecule has 0 aliphatic rings. The quantitative estimate of drug-likeness (QED) is 0.427. The standard InChI is InChI=1S/C17H16O2S2/c1-2-19-17(18)16(21-15-11-7-4-8-12-15)13-20-14-9-5-3-6-10-14/h3-13H,2H2,1H3/b16-13-. The molecule has 4 heteroatoms. The summed E-state index contributed by atoms with van der Waals surface area (Å²) in [5, 5.41) is 1.85. The lowest BCUT2D eigenvalue weighted by Crippen LogP contribution is -2.04. The summed E-state index contributed by atoms with van der Waals surface area (Å²) < 4.78 is 5.12. The molecule has 2 aromatic carbocycles. The Labute approximate surface area is 133 Å². The first-order valence-corrected chi connectivity index (χ1v) is 8.31. The smallest absolute Gasteiger partial charge is 0.345 e. The Morgan fingerprint density at radius 2 is 1.57 bits per heavy atom. The van der Waals surface area contributed by atoms with Gasteiger partial charge in [0.05, 0.1) is 6.61 Å². The van der Waals surface area contributed by atoms with Gasteiger partial charge in [-0.25, -0.2) is 4.79 Å². The van der Waals surface area contributed by atoms with Gasteiger partial charge in [-0.15, -0.1) is 0 Å². The van der Waals surface area contributed by atoms with Crippen LogP contribution < -0.4 is 0 Å². The molecule has 0 heterocycles. The third-order valence-corrected chi connectivity index (χ3v) is 4.55. The molecular formula is C17H16O2S2. The van der Waals surface area contributed by atoms with Crippen molar-refractivity contribution in [2.75, 3.05) is 6.61 Å². The molecule has 0 bridgehead atoms. The van der Waals surface area contributed by atoms with Crippen molar-refractivity contribution in [2.24, 2.45) is 0 Å². The molecule has 0 unspecified atom stereocenters. The van der Waals surface area contributed by atoms with E-state index in [9.17, 15) is 4.79 Å². The van der Waals surface area contributed by atoms with Crippen molar-refractivity contribution in [3.05, 3.63) is 71.0 Å². The summed E-state index contributed by atoms with van der Waals surface area (Å²) >= 11 is 2.94. The second-order valence-corrected chi connectivity index (χ2v) is 6.11. The van der Waals surface area contributed by atoms with E-state index in [1.54, 1.807) is 0 Å². The molecule has 0 N–H and O–H groups in total. The van der Waals surface area contributed by atoms with Crippen LogP contribution >= 0.6 is 23.5 Å². The summed E-state index contributed by atoms with van der Waals surface area (Å²) in [7, 11) is 0. The highest BCUT2D eigenvalue weighted by molar-refractivity contribution is 8.06. The van der Waals surface area contributed by atoms with E-state index in [2.05, 4.69) is 0 Å². The van der Waals surface area contributed by atoms with Gasteiger partial charge in [0.15, 0.2) is 0 Å². The summed E-state index contributed by atoms with van der Waals surface area (Å²) in [4.78, 5) is 14.7. The lowest BCUT2D eigenvalue weighted by Gasteiger charge is -2.06. The van der Waals surface area contributed by atoms with Gasteiger partial charge in [0, 0.05) is 9.79 Å². The Kier molecular flexibility index (Phi) is 6.44. The molecule has 2 rings (SSSR count). The number of carbonyl (C=O) groups is 1. The summed E-state index contributed by atoms with van der Waals surface area (Å²) in [5.41, 5.74) is 0. The molecule has 21 heavy (non-hydrogen) atoms. The number of rotatable bonds is 6. The minimum absolute atomic E-state index is 0.283. The Morgan fingerprint density at radius 3 is 2.14 bits per heavy atom. The van der Waals surface area contributed by atoms with Crippen LogP contribution in [0.4, 0.5) is 0 Å². The van der Waals surface area contributed by atoms with Crippen LogP contribution in [0.5, 0.6) is 0 Å². The number of ether oxygens (including phenoxy) is 1. The molecule has 0 aromatic heterocycles. The van der Waals surface area contributed by atoms with Gasteiger partial charge in [0.2, 0.25) is 0 Å².